The zero-order valence-electron chi connectivity index (χ0n) is 14.7. The van der Waals surface area contributed by atoms with Crippen molar-refractivity contribution in [1.82, 2.24) is 29.9 Å². The van der Waals surface area contributed by atoms with E-state index in [0.717, 1.165) is 35.9 Å². The predicted molar refractivity (Wildman–Crippen MR) is 105 cm³/mol. The van der Waals surface area contributed by atoms with Gasteiger partial charge in [-0.3, -0.25) is 0 Å². The molecule has 0 radical (unpaired) electrons. The molecule has 0 amide bonds. The highest BCUT2D eigenvalue weighted by atomic mass is 35.5. The summed E-state index contributed by atoms with van der Waals surface area (Å²) in [5, 5.41) is 12.7. The minimum absolute atomic E-state index is 0.722. The van der Waals surface area contributed by atoms with E-state index in [2.05, 4.69) is 44.8 Å². The number of rotatable bonds is 7. The second-order valence-corrected chi connectivity index (χ2v) is 6.72. The molecule has 2 aromatic carbocycles. The fourth-order valence-corrected chi connectivity index (χ4v) is 2.93. The van der Waals surface area contributed by atoms with Crippen molar-refractivity contribution in [1.29, 1.82) is 0 Å². The molecule has 1 N–H and O–H groups in total. The Labute approximate surface area is 162 Å². The molecule has 0 saturated heterocycles. The van der Waals surface area contributed by atoms with Crippen LogP contribution in [-0.2, 0) is 19.6 Å². The van der Waals surface area contributed by atoms with Crippen LogP contribution in [0.25, 0.3) is 5.69 Å². The van der Waals surface area contributed by atoms with Crippen LogP contribution >= 0.6 is 11.6 Å². The maximum Gasteiger partial charge on any atom is 0.137 e. The van der Waals surface area contributed by atoms with Crippen LogP contribution < -0.4 is 5.32 Å². The summed E-state index contributed by atoms with van der Waals surface area (Å²) >= 11 is 5.93. The van der Waals surface area contributed by atoms with Crippen molar-refractivity contribution in [2.75, 3.05) is 0 Å². The first-order chi connectivity index (χ1) is 13.3. The summed E-state index contributed by atoms with van der Waals surface area (Å²) in [6, 6.07) is 16.1. The molecule has 7 heteroatoms. The lowest BCUT2D eigenvalue weighted by Crippen LogP contribution is -2.12. The van der Waals surface area contributed by atoms with E-state index in [4.69, 9.17) is 11.6 Å². The molecule has 0 aliphatic carbocycles. The highest BCUT2D eigenvalue weighted by Crippen LogP contribution is 2.13. The Morgan fingerprint density at radius 2 is 1.59 bits per heavy atom. The zero-order chi connectivity index (χ0) is 18.5. The van der Waals surface area contributed by atoms with Crippen LogP contribution in [0, 0.1) is 0 Å². The van der Waals surface area contributed by atoms with Gasteiger partial charge in [0.1, 0.15) is 12.7 Å². The average molecular weight is 379 g/mol. The van der Waals surface area contributed by atoms with Gasteiger partial charge in [0, 0.05) is 29.9 Å². The number of benzene rings is 2. The highest BCUT2D eigenvalue weighted by Gasteiger charge is 2.02. The lowest BCUT2D eigenvalue weighted by molar-refractivity contribution is 0.680. The molecular formula is C20H19ClN6. The summed E-state index contributed by atoms with van der Waals surface area (Å²) in [5.41, 5.74) is 4.57. The number of aromatic nitrogens is 5. The molecule has 2 aromatic heterocycles. The molecule has 0 saturated carbocycles. The Morgan fingerprint density at radius 3 is 2.33 bits per heavy atom. The van der Waals surface area contributed by atoms with Crippen molar-refractivity contribution in [2.24, 2.45) is 0 Å². The maximum atomic E-state index is 5.93. The normalized spacial score (nSPS) is 11.0. The molecule has 0 unspecified atom stereocenters. The largest absolute Gasteiger partial charge is 0.309 e. The van der Waals surface area contributed by atoms with Crippen molar-refractivity contribution in [2.45, 2.75) is 19.6 Å². The molecule has 0 aliphatic heterocycles. The van der Waals surface area contributed by atoms with E-state index in [-0.39, 0.29) is 0 Å². The Balaban J connectivity index is 1.29. The highest BCUT2D eigenvalue weighted by molar-refractivity contribution is 6.30. The molecule has 0 bridgehead atoms. The van der Waals surface area contributed by atoms with Gasteiger partial charge in [0.2, 0.25) is 0 Å². The first-order valence-electron chi connectivity index (χ1n) is 8.67. The summed E-state index contributed by atoms with van der Waals surface area (Å²) < 4.78 is 3.66. The van der Waals surface area contributed by atoms with Crippen molar-refractivity contribution in [3.8, 4) is 5.69 Å². The van der Waals surface area contributed by atoms with Crippen LogP contribution in [0.4, 0.5) is 0 Å². The molecule has 2 heterocycles. The van der Waals surface area contributed by atoms with E-state index in [0.29, 0.717) is 0 Å². The van der Waals surface area contributed by atoms with E-state index in [1.165, 1.54) is 11.1 Å². The predicted octanol–water partition coefficient (Wildman–Crippen LogP) is 3.46. The van der Waals surface area contributed by atoms with Gasteiger partial charge < -0.3 is 5.32 Å². The number of hydrogen-bond donors (Lipinski definition) is 1. The molecule has 6 nitrogen and oxygen atoms in total. The standard InChI is InChI=1S/C20H19ClN6/c21-19-5-7-20(8-6-19)27-13-18(11-24-27)10-22-9-16-1-3-17(4-2-16)12-26-15-23-14-25-26/h1-8,11,13-15,22H,9-10,12H2. The van der Waals surface area contributed by atoms with Gasteiger partial charge in [-0.2, -0.15) is 10.2 Å². The number of hydrogen-bond acceptors (Lipinski definition) is 4. The second-order valence-electron chi connectivity index (χ2n) is 6.28. The van der Waals surface area contributed by atoms with Crippen molar-refractivity contribution in [3.63, 3.8) is 0 Å². The van der Waals surface area contributed by atoms with E-state index < -0.39 is 0 Å². The molecule has 0 fully saturated rings. The third-order valence-electron chi connectivity index (χ3n) is 4.22. The molecule has 27 heavy (non-hydrogen) atoms. The number of nitrogens with one attached hydrogen (secondary N) is 1. The van der Waals surface area contributed by atoms with Gasteiger partial charge in [0.15, 0.2) is 0 Å². The summed E-state index contributed by atoms with van der Waals surface area (Å²) in [5.74, 6) is 0. The van der Waals surface area contributed by atoms with E-state index in [9.17, 15) is 0 Å². The molecule has 136 valence electrons. The van der Waals surface area contributed by atoms with Crippen LogP contribution in [0.15, 0.2) is 73.6 Å². The molecule has 0 spiro atoms. The fourth-order valence-electron chi connectivity index (χ4n) is 2.80. The second kappa shape index (κ2) is 8.16. The minimum atomic E-state index is 0.722. The van der Waals surface area contributed by atoms with Crippen molar-refractivity contribution >= 4 is 11.6 Å². The van der Waals surface area contributed by atoms with Gasteiger partial charge in [-0.15, -0.1) is 0 Å². The van der Waals surface area contributed by atoms with E-state index in [1.54, 1.807) is 12.7 Å². The summed E-state index contributed by atoms with van der Waals surface area (Å²) in [4.78, 5) is 3.96. The van der Waals surface area contributed by atoms with Crippen LogP contribution in [-0.4, -0.2) is 24.5 Å². The molecular weight excluding hydrogens is 360 g/mol. The first-order valence-corrected chi connectivity index (χ1v) is 9.04. The first kappa shape index (κ1) is 17.5. The smallest absolute Gasteiger partial charge is 0.137 e. The van der Waals surface area contributed by atoms with E-state index >= 15 is 0 Å². The van der Waals surface area contributed by atoms with Crippen LogP contribution in [0.2, 0.25) is 5.02 Å². The summed E-state index contributed by atoms with van der Waals surface area (Å²) in [6.07, 6.45) is 7.17. The molecule has 0 aliphatic rings. The topological polar surface area (TPSA) is 60.6 Å². The fraction of sp³-hybridized carbons (Fsp3) is 0.150. The SMILES string of the molecule is Clc1ccc(-n2cc(CNCc3ccc(Cn4cncn4)cc3)cn2)cc1. The Hall–Kier alpha value is -2.96. The third kappa shape index (κ3) is 4.61. The molecule has 4 aromatic rings. The minimum Gasteiger partial charge on any atom is -0.309 e. The zero-order valence-corrected chi connectivity index (χ0v) is 15.4. The third-order valence-corrected chi connectivity index (χ3v) is 4.47. The number of halogens is 1. The monoisotopic (exact) mass is 378 g/mol. The Morgan fingerprint density at radius 1 is 0.852 bits per heavy atom. The van der Waals surface area contributed by atoms with Crippen molar-refractivity contribution < 1.29 is 0 Å². The van der Waals surface area contributed by atoms with Gasteiger partial charge in [0.05, 0.1) is 18.4 Å². The lowest BCUT2D eigenvalue weighted by atomic mass is 10.1. The summed E-state index contributed by atoms with van der Waals surface area (Å²) in [6.45, 7) is 2.29. The van der Waals surface area contributed by atoms with Crippen molar-refractivity contribution in [3.05, 3.63) is 95.3 Å². The quantitative estimate of drug-likeness (QED) is 0.535. The van der Waals surface area contributed by atoms with Crippen LogP contribution in [0.3, 0.4) is 0 Å². The Bertz CT molecular complexity index is 974. The van der Waals surface area contributed by atoms with Gasteiger partial charge in [-0.05, 0) is 35.4 Å². The molecule has 4 rings (SSSR count). The van der Waals surface area contributed by atoms with E-state index in [1.807, 2.05) is 46.0 Å². The maximum absolute atomic E-state index is 5.93. The van der Waals surface area contributed by atoms with Crippen LogP contribution in [0.1, 0.15) is 16.7 Å². The van der Waals surface area contributed by atoms with Gasteiger partial charge in [-0.1, -0.05) is 35.9 Å². The van der Waals surface area contributed by atoms with Gasteiger partial charge >= 0.3 is 0 Å². The Kier molecular flexibility index (Phi) is 5.27. The molecule has 0 atom stereocenters. The average Bonchev–Trinajstić information content (AvgIpc) is 3.36. The van der Waals surface area contributed by atoms with Gasteiger partial charge in [-0.25, -0.2) is 14.3 Å². The van der Waals surface area contributed by atoms with Gasteiger partial charge in [0.25, 0.3) is 0 Å². The number of nitrogens with zero attached hydrogens (tertiary/aromatic N) is 5. The summed E-state index contributed by atoms with van der Waals surface area (Å²) in [7, 11) is 0. The van der Waals surface area contributed by atoms with Crippen LogP contribution in [0.5, 0.6) is 0 Å². The lowest BCUT2D eigenvalue weighted by Gasteiger charge is -2.06.